The quantitative estimate of drug-likeness (QED) is 0.776. The smallest absolute Gasteiger partial charge is 0.296 e. The van der Waals surface area contributed by atoms with E-state index in [0.29, 0.717) is 18.2 Å². The van der Waals surface area contributed by atoms with Gasteiger partial charge in [0.05, 0.1) is 0 Å². The van der Waals surface area contributed by atoms with Gasteiger partial charge in [0, 0.05) is 23.1 Å². The monoisotopic (exact) mass is 279 g/mol. The average molecular weight is 280 g/mol. The van der Waals surface area contributed by atoms with Crippen molar-refractivity contribution in [2.45, 2.75) is 51.7 Å². The highest BCUT2D eigenvalue weighted by molar-refractivity contribution is 8.13. The minimum absolute atomic E-state index is 0.0346. The fraction of sp³-hybridized carbons (Fsp3) is 0.800. The fourth-order valence-corrected chi connectivity index (χ4v) is 2.59. The molecule has 1 atom stereocenters. The third-order valence-corrected chi connectivity index (χ3v) is 3.83. The molecule has 0 amide bonds. The Morgan fingerprint density at radius 3 is 2.29 bits per heavy atom. The molecule has 1 rings (SSSR count). The lowest BCUT2D eigenvalue weighted by molar-refractivity contribution is 0.472. The van der Waals surface area contributed by atoms with Gasteiger partial charge in [0.1, 0.15) is 5.82 Å². The third-order valence-electron chi connectivity index (χ3n) is 2.70. The Kier molecular flexibility index (Phi) is 4.55. The Morgan fingerprint density at radius 2 is 1.88 bits per heavy atom. The Hall–Kier alpha value is -0.620. The lowest BCUT2D eigenvalue weighted by atomic mass is 10.0. The summed E-state index contributed by atoms with van der Waals surface area (Å²) >= 11 is 0. The van der Waals surface area contributed by atoms with Crippen LogP contribution >= 0.6 is 10.7 Å². The van der Waals surface area contributed by atoms with Gasteiger partial charge >= 0.3 is 0 Å². The summed E-state index contributed by atoms with van der Waals surface area (Å²) in [4.78, 5) is 0. The third kappa shape index (κ3) is 3.42. The van der Waals surface area contributed by atoms with Crippen molar-refractivity contribution in [2.75, 3.05) is 0 Å². The van der Waals surface area contributed by atoms with Crippen LogP contribution in [0.4, 0.5) is 0 Å². The predicted molar refractivity (Wildman–Crippen MR) is 66.6 cm³/mol. The van der Waals surface area contributed by atoms with E-state index in [1.807, 2.05) is 13.8 Å². The molecule has 1 unspecified atom stereocenters. The molecule has 0 aliphatic carbocycles. The molecule has 0 fully saturated rings. The zero-order valence-electron chi connectivity index (χ0n) is 10.5. The van der Waals surface area contributed by atoms with Gasteiger partial charge < -0.3 is 0 Å². The summed E-state index contributed by atoms with van der Waals surface area (Å²) in [6, 6.07) is -0.0346. The van der Waals surface area contributed by atoms with Crippen LogP contribution in [0.5, 0.6) is 0 Å². The molecule has 0 radical (unpaired) electrons. The van der Waals surface area contributed by atoms with Crippen molar-refractivity contribution in [3.8, 4) is 0 Å². The molecular formula is C10H18ClN3O2S. The van der Waals surface area contributed by atoms with Crippen molar-refractivity contribution in [3.63, 3.8) is 0 Å². The van der Waals surface area contributed by atoms with Crippen LogP contribution in [-0.2, 0) is 15.5 Å². The van der Waals surface area contributed by atoms with E-state index in [-0.39, 0.29) is 11.2 Å². The van der Waals surface area contributed by atoms with Crippen LogP contribution in [-0.4, -0.2) is 23.2 Å². The Bertz CT molecular complexity index is 482. The van der Waals surface area contributed by atoms with Gasteiger partial charge in [-0.3, -0.25) is 4.57 Å². The fourth-order valence-electron chi connectivity index (χ4n) is 1.59. The first kappa shape index (κ1) is 14.4. The van der Waals surface area contributed by atoms with Crippen LogP contribution in [0.15, 0.2) is 5.16 Å². The summed E-state index contributed by atoms with van der Waals surface area (Å²) < 4.78 is 24.3. The normalized spacial score (nSPS) is 14.2. The lowest BCUT2D eigenvalue weighted by Gasteiger charge is -2.14. The second kappa shape index (κ2) is 5.35. The second-order valence-corrected chi connectivity index (χ2v) is 6.98. The van der Waals surface area contributed by atoms with Crippen molar-refractivity contribution < 1.29 is 8.42 Å². The zero-order chi connectivity index (χ0) is 13.2. The van der Waals surface area contributed by atoms with Crippen molar-refractivity contribution in [3.05, 3.63) is 5.82 Å². The molecule has 0 spiro atoms. The molecule has 17 heavy (non-hydrogen) atoms. The highest BCUT2D eigenvalue weighted by Crippen LogP contribution is 2.21. The van der Waals surface area contributed by atoms with Gasteiger partial charge in [-0.05, 0) is 19.8 Å². The molecule has 98 valence electrons. The van der Waals surface area contributed by atoms with Crippen LogP contribution in [0.2, 0.25) is 0 Å². The first-order valence-corrected chi connectivity index (χ1v) is 7.96. The molecule has 0 saturated carbocycles. The van der Waals surface area contributed by atoms with E-state index in [1.54, 1.807) is 4.57 Å². The Labute approximate surface area is 107 Å². The molecule has 0 saturated heterocycles. The number of rotatable bonds is 5. The number of nitrogens with zero attached hydrogens (tertiary/aromatic N) is 3. The maximum absolute atomic E-state index is 11.4. The van der Waals surface area contributed by atoms with Gasteiger partial charge in [0.15, 0.2) is 0 Å². The molecule has 1 aromatic heterocycles. The molecule has 0 aromatic carbocycles. The minimum atomic E-state index is -3.84. The van der Waals surface area contributed by atoms with E-state index in [9.17, 15) is 8.42 Å². The van der Waals surface area contributed by atoms with Crippen LogP contribution in [0.25, 0.3) is 0 Å². The zero-order valence-corrected chi connectivity index (χ0v) is 12.1. The number of hydrogen-bond acceptors (Lipinski definition) is 4. The van der Waals surface area contributed by atoms with Gasteiger partial charge in [-0.25, -0.2) is 8.42 Å². The molecule has 0 bridgehead atoms. The van der Waals surface area contributed by atoms with E-state index >= 15 is 0 Å². The molecule has 1 aromatic rings. The standard InChI is InChI=1S/C10H18ClN3O2S/c1-5-8(4)6-9-12-13-10(17(11,15)16)14(9)7(2)3/h7-8H,5-6H2,1-4H3. The van der Waals surface area contributed by atoms with Crippen molar-refractivity contribution in [1.82, 2.24) is 14.8 Å². The molecule has 5 nitrogen and oxygen atoms in total. The van der Waals surface area contributed by atoms with Crippen molar-refractivity contribution in [2.24, 2.45) is 5.92 Å². The van der Waals surface area contributed by atoms with E-state index in [0.717, 1.165) is 6.42 Å². The van der Waals surface area contributed by atoms with Gasteiger partial charge in [-0.15, -0.1) is 10.2 Å². The van der Waals surface area contributed by atoms with Crippen LogP contribution in [0.3, 0.4) is 0 Å². The van der Waals surface area contributed by atoms with E-state index < -0.39 is 9.05 Å². The summed E-state index contributed by atoms with van der Waals surface area (Å²) in [6.07, 6.45) is 1.71. The number of halogens is 1. The number of aromatic nitrogens is 3. The van der Waals surface area contributed by atoms with E-state index in [4.69, 9.17) is 10.7 Å². The summed E-state index contributed by atoms with van der Waals surface area (Å²) in [6.45, 7) is 7.94. The maximum atomic E-state index is 11.4. The summed E-state index contributed by atoms with van der Waals surface area (Å²) in [5.74, 6) is 1.11. The first-order chi connectivity index (χ1) is 7.77. The number of hydrogen-bond donors (Lipinski definition) is 0. The molecule has 0 aliphatic rings. The predicted octanol–water partition coefficient (Wildman–Crippen LogP) is 2.38. The Balaban J connectivity index is 3.21. The second-order valence-electron chi connectivity index (χ2n) is 4.52. The van der Waals surface area contributed by atoms with E-state index in [1.165, 1.54) is 0 Å². The van der Waals surface area contributed by atoms with E-state index in [2.05, 4.69) is 24.0 Å². The van der Waals surface area contributed by atoms with Gasteiger partial charge in [0.2, 0.25) is 0 Å². The summed E-state index contributed by atoms with van der Waals surface area (Å²) in [5, 5.41) is 7.47. The summed E-state index contributed by atoms with van der Waals surface area (Å²) in [5.41, 5.74) is 0. The highest BCUT2D eigenvalue weighted by atomic mass is 35.7. The molecule has 0 aliphatic heterocycles. The average Bonchev–Trinajstić information content (AvgIpc) is 2.60. The SMILES string of the molecule is CCC(C)Cc1nnc(S(=O)(=O)Cl)n1C(C)C. The van der Waals surface area contributed by atoms with Crippen LogP contribution in [0, 0.1) is 5.92 Å². The largest absolute Gasteiger partial charge is 0.298 e. The van der Waals surface area contributed by atoms with Crippen LogP contribution in [0.1, 0.15) is 46.0 Å². The highest BCUT2D eigenvalue weighted by Gasteiger charge is 2.24. The van der Waals surface area contributed by atoms with Crippen LogP contribution < -0.4 is 0 Å². The molecule has 7 heteroatoms. The van der Waals surface area contributed by atoms with Gasteiger partial charge in [-0.1, -0.05) is 20.3 Å². The van der Waals surface area contributed by atoms with Crippen molar-refractivity contribution >= 4 is 19.7 Å². The maximum Gasteiger partial charge on any atom is 0.296 e. The topological polar surface area (TPSA) is 64.8 Å². The lowest BCUT2D eigenvalue weighted by Crippen LogP contribution is -2.14. The minimum Gasteiger partial charge on any atom is -0.298 e. The Morgan fingerprint density at radius 1 is 1.29 bits per heavy atom. The summed E-state index contributed by atoms with van der Waals surface area (Å²) in [7, 11) is 1.50. The van der Waals surface area contributed by atoms with Gasteiger partial charge in [-0.2, -0.15) is 0 Å². The molecule has 1 heterocycles. The first-order valence-electron chi connectivity index (χ1n) is 5.65. The molecular weight excluding hydrogens is 262 g/mol. The molecule has 0 N–H and O–H groups in total. The van der Waals surface area contributed by atoms with Crippen molar-refractivity contribution in [1.29, 1.82) is 0 Å². The van der Waals surface area contributed by atoms with Gasteiger partial charge in [0.25, 0.3) is 14.2 Å².